The maximum Gasteiger partial charge on any atom is 0.416 e. The SMILES string of the molecule is O=S([O-])NNc1ccccc1-c1cc(C(F)(F)F)cc(C(F)(F)F)c1. The van der Waals surface area contributed by atoms with Gasteiger partial charge in [0.15, 0.2) is 0 Å². The van der Waals surface area contributed by atoms with Crippen molar-refractivity contribution in [3.63, 3.8) is 0 Å². The summed E-state index contributed by atoms with van der Waals surface area (Å²) in [6.07, 6.45) is -9.96. The first-order chi connectivity index (χ1) is 11.5. The highest BCUT2D eigenvalue weighted by Gasteiger charge is 2.37. The smallest absolute Gasteiger partial charge is 0.416 e. The standard InChI is InChI=1S/C14H10F6N2O2S/c15-13(16,17)9-5-8(6-10(7-9)14(18,19)20)11-3-1-2-4-12(11)21-22-25(23)24/h1-7,21-22H,(H,23,24)/p-1. The van der Waals surface area contributed by atoms with Crippen LogP contribution in [0.1, 0.15) is 11.1 Å². The fraction of sp³-hybridized carbons (Fsp3) is 0.143. The van der Waals surface area contributed by atoms with E-state index in [-0.39, 0.29) is 22.9 Å². The molecule has 0 saturated heterocycles. The Morgan fingerprint density at radius 2 is 1.40 bits per heavy atom. The topological polar surface area (TPSA) is 64.2 Å². The molecule has 2 N–H and O–H groups in total. The van der Waals surface area contributed by atoms with Gasteiger partial charge >= 0.3 is 12.4 Å². The van der Waals surface area contributed by atoms with E-state index in [2.05, 4.69) is 5.43 Å². The molecule has 0 aliphatic rings. The molecule has 1 unspecified atom stereocenters. The van der Waals surface area contributed by atoms with Crippen molar-refractivity contribution in [1.82, 2.24) is 4.83 Å². The van der Waals surface area contributed by atoms with Gasteiger partial charge in [0.2, 0.25) is 0 Å². The van der Waals surface area contributed by atoms with Gasteiger partial charge in [0.1, 0.15) is 0 Å². The Morgan fingerprint density at radius 1 is 0.880 bits per heavy atom. The molecule has 2 rings (SSSR count). The highest BCUT2D eigenvalue weighted by atomic mass is 32.2. The second kappa shape index (κ2) is 7.02. The fourth-order valence-electron chi connectivity index (χ4n) is 2.05. The van der Waals surface area contributed by atoms with Gasteiger partial charge in [-0.2, -0.15) is 31.2 Å². The fourth-order valence-corrected chi connectivity index (χ4v) is 2.24. The number of hydrazine groups is 1. The van der Waals surface area contributed by atoms with Crippen molar-refractivity contribution in [1.29, 1.82) is 0 Å². The summed E-state index contributed by atoms with van der Waals surface area (Å²) in [5, 5.41) is 0. The number of nitrogens with one attached hydrogen (secondary N) is 2. The molecular weight excluding hydrogens is 374 g/mol. The van der Waals surface area contributed by atoms with E-state index in [9.17, 15) is 35.1 Å². The molecule has 0 spiro atoms. The summed E-state index contributed by atoms with van der Waals surface area (Å²) in [6, 6.07) is 6.51. The van der Waals surface area contributed by atoms with E-state index < -0.39 is 34.7 Å². The van der Waals surface area contributed by atoms with Gasteiger partial charge in [-0.3, -0.25) is 4.21 Å². The molecule has 2 aromatic rings. The normalized spacial score (nSPS) is 13.6. The molecule has 25 heavy (non-hydrogen) atoms. The lowest BCUT2D eigenvalue weighted by Crippen LogP contribution is -2.23. The molecular formula is C14H9F6N2O2S-. The zero-order valence-electron chi connectivity index (χ0n) is 12.0. The Morgan fingerprint density at radius 3 is 1.88 bits per heavy atom. The average molecular weight is 383 g/mol. The van der Waals surface area contributed by atoms with Gasteiger partial charge in [-0.25, -0.2) is 0 Å². The van der Waals surface area contributed by atoms with Crippen LogP contribution in [0.25, 0.3) is 11.1 Å². The third-order valence-electron chi connectivity index (χ3n) is 3.09. The van der Waals surface area contributed by atoms with Crippen LogP contribution in [0.3, 0.4) is 0 Å². The molecule has 0 aromatic heterocycles. The summed E-state index contributed by atoms with van der Waals surface area (Å²) in [5.41, 5.74) is -1.16. The monoisotopic (exact) mass is 383 g/mol. The highest BCUT2D eigenvalue weighted by Crippen LogP contribution is 2.39. The van der Waals surface area contributed by atoms with Crippen LogP contribution in [-0.2, 0) is 23.6 Å². The molecule has 0 fully saturated rings. The minimum absolute atomic E-state index is 0.0147. The molecule has 0 amide bonds. The number of hydrogen-bond acceptors (Lipinski definition) is 3. The van der Waals surface area contributed by atoms with Gasteiger partial charge in [0, 0.05) is 16.8 Å². The van der Waals surface area contributed by atoms with Crippen LogP contribution >= 0.6 is 0 Å². The van der Waals surface area contributed by atoms with Crippen molar-refractivity contribution >= 4 is 17.0 Å². The Hall–Kier alpha value is -2.11. The lowest BCUT2D eigenvalue weighted by atomic mass is 9.98. The van der Waals surface area contributed by atoms with Crippen LogP contribution in [0.4, 0.5) is 32.0 Å². The quantitative estimate of drug-likeness (QED) is 0.475. The Balaban J connectivity index is 2.61. The van der Waals surface area contributed by atoms with Crippen LogP contribution in [0.15, 0.2) is 42.5 Å². The summed E-state index contributed by atoms with van der Waals surface area (Å²) in [5.74, 6) is 0. The van der Waals surface area contributed by atoms with Crippen molar-refractivity contribution in [2.45, 2.75) is 12.4 Å². The van der Waals surface area contributed by atoms with E-state index in [0.717, 1.165) is 0 Å². The molecule has 0 saturated carbocycles. The molecule has 11 heteroatoms. The van der Waals surface area contributed by atoms with Crippen LogP contribution in [0, 0.1) is 0 Å². The van der Waals surface area contributed by atoms with E-state index >= 15 is 0 Å². The van der Waals surface area contributed by atoms with E-state index in [1.807, 2.05) is 0 Å². The van der Waals surface area contributed by atoms with Crippen LogP contribution in [-0.4, -0.2) is 8.76 Å². The zero-order chi connectivity index (χ0) is 18.8. The van der Waals surface area contributed by atoms with Crippen molar-refractivity contribution in [2.24, 2.45) is 0 Å². The largest absolute Gasteiger partial charge is 0.759 e. The van der Waals surface area contributed by atoms with Crippen LogP contribution in [0.2, 0.25) is 0 Å². The van der Waals surface area contributed by atoms with E-state index in [1.165, 1.54) is 24.3 Å². The second-order valence-electron chi connectivity index (χ2n) is 4.80. The zero-order valence-corrected chi connectivity index (χ0v) is 12.9. The summed E-state index contributed by atoms with van der Waals surface area (Å²) in [7, 11) is 0. The summed E-state index contributed by atoms with van der Waals surface area (Å²) in [6.45, 7) is 0. The summed E-state index contributed by atoms with van der Waals surface area (Å²) in [4.78, 5) is 1.78. The number of anilines is 1. The molecule has 1 atom stereocenters. The lowest BCUT2D eigenvalue weighted by Gasteiger charge is -2.17. The maximum atomic E-state index is 12.9. The van der Waals surface area contributed by atoms with E-state index in [4.69, 9.17) is 0 Å². The molecule has 136 valence electrons. The van der Waals surface area contributed by atoms with E-state index in [1.54, 1.807) is 4.83 Å². The third kappa shape index (κ3) is 4.94. The van der Waals surface area contributed by atoms with Gasteiger partial charge < -0.3 is 9.98 Å². The molecule has 2 aromatic carbocycles. The van der Waals surface area contributed by atoms with Gasteiger partial charge in [-0.15, -0.1) is 0 Å². The average Bonchev–Trinajstić information content (AvgIpc) is 2.51. The van der Waals surface area contributed by atoms with Crippen LogP contribution < -0.4 is 10.3 Å². The predicted octanol–water partition coefficient (Wildman–Crippen LogP) is 4.10. The first kappa shape index (κ1) is 19.2. The molecule has 4 nitrogen and oxygen atoms in total. The number of rotatable bonds is 4. The molecule has 0 aliphatic carbocycles. The molecule has 0 radical (unpaired) electrons. The molecule has 0 bridgehead atoms. The van der Waals surface area contributed by atoms with Crippen LogP contribution in [0.5, 0.6) is 0 Å². The number of halogens is 6. The van der Waals surface area contributed by atoms with Crippen molar-refractivity contribution in [2.75, 3.05) is 5.43 Å². The summed E-state index contributed by atoms with van der Waals surface area (Å²) < 4.78 is 98.6. The Bertz CT molecular complexity index is 759. The van der Waals surface area contributed by atoms with E-state index in [0.29, 0.717) is 12.1 Å². The van der Waals surface area contributed by atoms with Gasteiger partial charge in [-0.1, -0.05) is 18.2 Å². The van der Waals surface area contributed by atoms with Crippen molar-refractivity contribution < 1.29 is 35.1 Å². The first-order valence-electron chi connectivity index (χ1n) is 6.48. The number of benzene rings is 2. The van der Waals surface area contributed by atoms with Crippen molar-refractivity contribution in [3.8, 4) is 11.1 Å². The minimum Gasteiger partial charge on any atom is -0.759 e. The van der Waals surface area contributed by atoms with Gasteiger partial charge in [0.05, 0.1) is 16.8 Å². The Kier molecular flexibility index (Phi) is 5.40. The second-order valence-corrected chi connectivity index (χ2v) is 5.48. The predicted molar refractivity (Wildman–Crippen MR) is 77.6 cm³/mol. The first-order valence-corrected chi connectivity index (χ1v) is 7.56. The Labute approximate surface area is 140 Å². The highest BCUT2D eigenvalue weighted by molar-refractivity contribution is 7.77. The minimum atomic E-state index is -4.98. The maximum absolute atomic E-state index is 12.9. The number of para-hydroxylation sites is 1. The van der Waals surface area contributed by atoms with Crippen molar-refractivity contribution in [3.05, 3.63) is 53.6 Å². The van der Waals surface area contributed by atoms with Gasteiger partial charge in [0.25, 0.3) is 0 Å². The summed E-state index contributed by atoms with van der Waals surface area (Å²) >= 11 is -2.74. The number of hydrogen-bond donors (Lipinski definition) is 2. The number of alkyl halides is 6. The molecule has 0 aliphatic heterocycles. The lowest BCUT2D eigenvalue weighted by molar-refractivity contribution is -0.143. The third-order valence-corrected chi connectivity index (χ3v) is 3.36. The molecule has 0 heterocycles. The van der Waals surface area contributed by atoms with Gasteiger partial charge in [-0.05, 0) is 29.8 Å².